The van der Waals surface area contributed by atoms with Gasteiger partial charge in [-0.2, -0.15) is 0 Å². The molecule has 48 heavy (non-hydrogen) atoms. The summed E-state index contributed by atoms with van der Waals surface area (Å²) in [5.41, 5.74) is 5.51. The third-order valence-electron chi connectivity index (χ3n) is 10.6. The van der Waals surface area contributed by atoms with Gasteiger partial charge in [-0.25, -0.2) is 0 Å². The number of ether oxygens (including phenoxy) is 2. The van der Waals surface area contributed by atoms with E-state index in [9.17, 15) is 19.2 Å². The smallest absolute Gasteiger partial charge is 0.169 e. The molecule has 5 aromatic carbocycles. The molecule has 0 saturated carbocycles. The summed E-state index contributed by atoms with van der Waals surface area (Å²) < 4.78 is 13.2. The van der Waals surface area contributed by atoms with Gasteiger partial charge < -0.3 is 9.47 Å². The molecule has 4 aliphatic heterocycles. The predicted molar refractivity (Wildman–Crippen MR) is 177 cm³/mol. The number of hydrogen-bond acceptors (Lipinski definition) is 6. The van der Waals surface area contributed by atoms with Crippen molar-refractivity contribution in [1.29, 1.82) is 0 Å². The van der Waals surface area contributed by atoms with Crippen molar-refractivity contribution >= 4 is 23.1 Å². The zero-order chi connectivity index (χ0) is 32.5. The number of Topliss-reactive ketones (excluding diaryl/α,β-unsaturated/α-hetero) is 4. The molecule has 8 atom stereocenters. The number of hydrogen-bond donors (Lipinski definition) is 0. The van der Waals surface area contributed by atoms with E-state index in [0.29, 0.717) is 22.3 Å². The third kappa shape index (κ3) is 4.26. The molecule has 4 bridgehead atoms. The summed E-state index contributed by atoms with van der Waals surface area (Å²) in [7, 11) is 0. The third-order valence-corrected chi connectivity index (χ3v) is 10.6. The van der Waals surface area contributed by atoms with Crippen LogP contribution in [0.15, 0.2) is 133 Å². The van der Waals surface area contributed by atoms with E-state index in [0.717, 1.165) is 22.3 Å². The quantitative estimate of drug-likeness (QED) is 0.162. The lowest BCUT2D eigenvalue weighted by molar-refractivity contribution is 0.0476. The van der Waals surface area contributed by atoms with Crippen molar-refractivity contribution in [2.45, 2.75) is 24.4 Å². The van der Waals surface area contributed by atoms with Gasteiger partial charge in [-0.05, 0) is 34.4 Å². The molecule has 6 nitrogen and oxygen atoms in total. The van der Waals surface area contributed by atoms with Gasteiger partial charge in [0.2, 0.25) is 0 Å². The molecule has 5 aromatic rings. The predicted octanol–water partition coefficient (Wildman–Crippen LogP) is 7.94. The second-order valence-corrected chi connectivity index (χ2v) is 13.1. The Morgan fingerprint density at radius 2 is 0.542 bits per heavy atom. The Morgan fingerprint density at radius 3 is 0.750 bits per heavy atom. The number of rotatable bonds is 8. The SMILES string of the molecule is O=C(c1ccccc1)[C@@H]1[C@H](C(=O)c2ccccc2)[C@@H]2O[C@@H]1c1cc3c(cc12)[C@@H]1O[C@@H]3[C@H](C(=O)c2ccccc2)[C@H]1C(=O)c1ccccc1. The Bertz CT molecular complexity index is 1790. The van der Waals surface area contributed by atoms with Crippen molar-refractivity contribution in [3.63, 3.8) is 0 Å². The molecule has 4 heterocycles. The number of benzene rings is 5. The lowest BCUT2D eigenvalue weighted by Gasteiger charge is -2.32. The molecule has 0 aliphatic carbocycles. The van der Waals surface area contributed by atoms with E-state index in [1.165, 1.54) is 0 Å². The maximum Gasteiger partial charge on any atom is 0.169 e. The van der Waals surface area contributed by atoms with Crippen LogP contribution < -0.4 is 0 Å². The van der Waals surface area contributed by atoms with Gasteiger partial charge in [0.25, 0.3) is 0 Å². The van der Waals surface area contributed by atoms with Crippen LogP contribution in [0.4, 0.5) is 0 Å². The molecule has 2 saturated heterocycles. The van der Waals surface area contributed by atoms with Crippen LogP contribution in [0.2, 0.25) is 0 Å². The fourth-order valence-corrected chi connectivity index (χ4v) is 8.51. The largest absolute Gasteiger partial charge is 0.364 e. The summed E-state index contributed by atoms with van der Waals surface area (Å²) in [5.74, 6) is -3.40. The van der Waals surface area contributed by atoms with Crippen LogP contribution in [0, 0.1) is 23.7 Å². The Labute approximate surface area is 277 Å². The van der Waals surface area contributed by atoms with Crippen molar-refractivity contribution < 1.29 is 28.7 Å². The second-order valence-electron chi connectivity index (χ2n) is 13.1. The summed E-state index contributed by atoms with van der Waals surface area (Å²) in [6.45, 7) is 0. The number of carbonyl (C=O) groups excluding carboxylic acids is 4. The van der Waals surface area contributed by atoms with Gasteiger partial charge in [-0.1, -0.05) is 121 Å². The highest BCUT2D eigenvalue weighted by Crippen LogP contribution is 2.64. The minimum atomic E-state index is -0.718. The number of ketones is 4. The number of fused-ring (bicyclic) bond motifs is 10. The van der Waals surface area contributed by atoms with Gasteiger partial charge in [0, 0.05) is 22.3 Å². The molecule has 6 heteroatoms. The molecule has 0 aromatic heterocycles. The summed E-state index contributed by atoms with van der Waals surface area (Å²) in [5, 5.41) is 0. The summed E-state index contributed by atoms with van der Waals surface area (Å²) >= 11 is 0. The molecule has 0 spiro atoms. The van der Waals surface area contributed by atoms with Crippen LogP contribution in [0.1, 0.15) is 88.1 Å². The van der Waals surface area contributed by atoms with Crippen molar-refractivity contribution in [2.24, 2.45) is 23.7 Å². The first-order valence-electron chi connectivity index (χ1n) is 16.4. The van der Waals surface area contributed by atoms with E-state index in [4.69, 9.17) is 9.47 Å². The minimum Gasteiger partial charge on any atom is -0.364 e. The van der Waals surface area contributed by atoms with Crippen LogP contribution in [-0.4, -0.2) is 23.1 Å². The highest BCUT2D eigenvalue weighted by Gasteiger charge is 2.62. The lowest BCUT2D eigenvalue weighted by atomic mass is 9.66. The normalized spacial score (nSPS) is 27.3. The fraction of sp³-hybridized carbons (Fsp3) is 0.190. The standard InChI is InChI=1S/C42H30O6/c43-35(23-13-5-1-6-14-23)31-32(36(44)24-15-7-2-8-16-24)40-28-22-30-29(21-27(28)39(31)47-40)41-33(37(45)25-17-9-3-10-18-25)34(42(30)48-41)38(46)26-19-11-4-12-20-26/h1-22,31-34,39-42H/t31-,32-,33-,34+,39-,40-,41+,42+/m0/s1. The van der Waals surface area contributed by atoms with E-state index in [-0.39, 0.29) is 23.1 Å². The highest BCUT2D eigenvalue weighted by atomic mass is 16.5. The van der Waals surface area contributed by atoms with Crippen LogP contribution in [0.5, 0.6) is 0 Å². The number of carbonyl (C=O) groups is 4. The molecule has 9 rings (SSSR count). The molecular weight excluding hydrogens is 600 g/mol. The van der Waals surface area contributed by atoms with Gasteiger partial charge in [-0.15, -0.1) is 0 Å². The Morgan fingerprint density at radius 1 is 0.333 bits per heavy atom. The molecule has 234 valence electrons. The van der Waals surface area contributed by atoms with Gasteiger partial charge in [-0.3, -0.25) is 19.2 Å². The van der Waals surface area contributed by atoms with Crippen molar-refractivity contribution in [3.05, 3.63) is 178 Å². The molecular formula is C42H30O6. The molecule has 0 unspecified atom stereocenters. The van der Waals surface area contributed by atoms with Gasteiger partial charge in [0.1, 0.15) is 0 Å². The summed E-state index contributed by atoms with van der Waals surface area (Å²) in [6.07, 6.45) is -2.54. The topological polar surface area (TPSA) is 86.7 Å². The zero-order valence-corrected chi connectivity index (χ0v) is 25.8. The molecule has 2 fully saturated rings. The first-order valence-corrected chi connectivity index (χ1v) is 16.4. The van der Waals surface area contributed by atoms with Crippen molar-refractivity contribution in [3.8, 4) is 0 Å². The Hall–Kier alpha value is -5.30. The monoisotopic (exact) mass is 630 g/mol. The summed E-state index contributed by atoms with van der Waals surface area (Å²) in [4.78, 5) is 56.7. The molecule has 0 amide bonds. The van der Waals surface area contributed by atoms with Gasteiger partial charge in [0.15, 0.2) is 23.1 Å². The minimum absolute atomic E-state index is 0.132. The zero-order valence-electron chi connectivity index (χ0n) is 25.8. The van der Waals surface area contributed by atoms with E-state index in [1.807, 2.05) is 84.9 Å². The van der Waals surface area contributed by atoms with E-state index in [1.54, 1.807) is 48.5 Å². The van der Waals surface area contributed by atoms with Gasteiger partial charge in [0.05, 0.1) is 48.1 Å². The van der Waals surface area contributed by atoms with Crippen molar-refractivity contribution in [1.82, 2.24) is 0 Å². The maximum atomic E-state index is 14.2. The van der Waals surface area contributed by atoms with Crippen LogP contribution >= 0.6 is 0 Å². The van der Waals surface area contributed by atoms with Gasteiger partial charge >= 0.3 is 0 Å². The molecule has 4 aliphatic rings. The van der Waals surface area contributed by atoms with Crippen molar-refractivity contribution in [2.75, 3.05) is 0 Å². The highest BCUT2D eigenvalue weighted by molar-refractivity contribution is 6.07. The van der Waals surface area contributed by atoms with E-state index in [2.05, 4.69) is 0 Å². The van der Waals surface area contributed by atoms with E-state index >= 15 is 0 Å². The first-order chi connectivity index (χ1) is 23.5. The first kappa shape index (κ1) is 28.9. The second kappa shape index (κ2) is 11.2. The Balaban J connectivity index is 1.16. The van der Waals surface area contributed by atoms with Crippen LogP contribution in [0.25, 0.3) is 0 Å². The fourth-order valence-electron chi connectivity index (χ4n) is 8.51. The van der Waals surface area contributed by atoms with Crippen LogP contribution in [0.3, 0.4) is 0 Å². The maximum absolute atomic E-state index is 14.2. The van der Waals surface area contributed by atoms with E-state index < -0.39 is 48.1 Å². The molecule has 0 radical (unpaired) electrons. The average Bonchev–Trinajstić information content (AvgIpc) is 3.92. The summed E-state index contributed by atoms with van der Waals surface area (Å²) in [6, 6.07) is 40.2. The Kier molecular flexibility index (Phi) is 6.71. The molecule has 0 N–H and O–H groups in total. The van der Waals surface area contributed by atoms with Crippen LogP contribution in [-0.2, 0) is 9.47 Å². The average molecular weight is 631 g/mol. The lowest BCUT2D eigenvalue weighted by Crippen LogP contribution is -2.36.